The second kappa shape index (κ2) is 2.35. The molecule has 0 saturated heterocycles. The van der Waals surface area contributed by atoms with E-state index in [4.69, 9.17) is 10.2 Å². The third-order valence-electron chi connectivity index (χ3n) is 1.74. The molecule has 0 bridgehead atoms. The second-order valence-corrected chi connectivity index (χ2v) is 2.54. The van der Waals surface area contributed by atoms with Crippen molar-refractivity contribution in [3.63, 3.8) is 0 Å². The van der Waals surface area contributed by atoms with Gasteiger partial charge in [-0.1, -0.05) is 0 Å². The van der Waals surface area contributed by atoms with Crippen LogP contribution in [0.15, 0.2) is 0 Å². The Morgan fingerprint density at radius 3 is 2.56 bits per heavy atom. The van der Waals surface area contributed by atoms with Crippen molar-refractivity contribution in [1.82, 2.24) is 0 Å². The van der Waals surface area contributed by atoms with Gasteiger partial charge in [0, 0.05) is 13.0 Å². The SMILES string of the molecule is O=C(O)CC1CC1CO. The highest BCUT2D eigenvalue weighted by Gasteiger charge is 2.37. The first kappa shape index (κ1) is 6.55. The Labute approximate surface area is 53.3 Å². The van der Waals surface area contributed by atoms with E-state index < -0.39 is 5.97 Å². The van der Waals surface area contributed by atoms with Crippen molar-refractivity contribution in [1.29, 1.82) is 0 Å². The van der Waals surface area contributed by atoms with E-state index in [-0.39, 0.29) is 24.9 Å². The minimum absolute atomic E-state index is 0.151. The van der Waals surface area contributed by atoms with Gasteiger partial charge >= 0.3 is 5.97 Å². The maximum absolute atomic E-state index is 10.0. The number of rotatable bonds is 3. The number of aliphatic hydroxyl groups excluding tert-OH is 1. The van der Waals surface area contributed by atoms with Crippen molar-refractivity contribution < 1.29 is 15.0 Å². The Morgan fingerprint density at radius 2 is 2.22 bits per heavy atom. The van der Waals surface area contributed by atoms with Crippen LogP contribution in [0.25, 0.3) is 0 Å². The largest absolute Gasteiger partial charge is 0.481 e. The molecule has 0 spiro atoms. The Balaban J connectivity index is 2.12. The first-order valence-electron chi connectivity index (χ1n) is 3.06. The van der Waals surface area contributed by atoms with Gasteiger partial charge in [0.1, 0.15) is 0 Å². The molecule has 9 heavy (non-hydrogen) atoms. The predicted molar refractivity (Wildman–Crippen MR) is 30.9 cm³/mol. The normalized spacial score (nSPS) is 32.1. The minimum Gasteiger partial charge on any atom is -0.481 e. The first-order chi connectivity index (χ1) is 4.24. The molecule has 1 rings (SSSR count). The summed E-state index contributed by atoms with van der Waals surface area (Å²) in [6.07, 6.45) is 1.12. The average Bonchev–Trinajstić information content (AvgIpc) is 2.45. The van der Waals surface area contributed by atoms with Crippen molar-refractivity contribution in [2.75, 3.05) is 6.61 Å². The summed E-state index contributed by atoms with van der Waals surface area (Å²) in [5, 5.41) is 16.8. The minimum atomic E-state index is -0.754. The van der Waals surface area contributed by atoms with Crippen LogP contribution in [0.5, 0.6) is 0 Å². The third kappa shape index (κ3) is 1.68. The third-order valence-corrected chi connectivity index (χ3v) is 1.74. The van der Waals surface area contributed by atoms with Crippen LogP contribution in [0.2, 0.25) is 0 Å². The highest BCUT2D eigenvalue weighted by Crippen LogP contribution is 2.40. The molecule has 2 atom stereocenters. The van der Waals surface area contributed by atoms with Gasteiger partial charge in [-0.15, -0.1) is 0 Å². The molecule has 0 aliphatic heterocycles. The molecule has 1 fully saturated rings. The van der Waals surface area contributed by atoms with Gasteiger partial charge in [0.05, 0.1) is 0 Å². The molecule has 0 aromatic rings. The van der Waals surface area contributed by atoms with Gasteiger partial charge in [0.25, 0.3) is 0 Å². The summed E-state index contributed by atoms with van der Waals surface area (Å²) in [4.78, 5) is 10.0. The van der Waals surface area contributed by atoms with E-state index in [1.54, 1.807) is 0 Å². The summed E-state index contributed by atoms with van der Waals surface area (Å²) in [5.74, 6) is -0.218. The van der Waals surface area contributed by atoms with E-state index >= 15 is 0 Å². The van der Waals surface area contributed by atoms with Gasteiger partial charge in [-0.2, -0.15) is 0 Å². The molecule has 1 saturated carbocycles. The van der Waals surface area contributed by atoms with Gasteiger partial charge in [-0.05, 0) is 18.3 Å². The molecule has 1 aliphatic carbocycles. The van der Waals surface area contributed by atoms with Crippen molar-refractivity contribution in [2.45, 2.75) is 12.8 Å². The van der Waals surface area contributed by atoms with E-state index in [0.29, 0.717) is 0 Å². The molecule has 0 heterocycles. The molecule has 2 unspecified atom stereocenters. The fourth-order valence-corrected chi connectivity index (χ4v) is 1.01. The average molecular weight is 130 g/mol. The van der Waals surface area contributed by atoms with Crippen molar-refractivity contribution in [3.8, 4) is 0 Å². The van der Waals surface area contributed by atoms with Crippen LogP contribution in [-0.2, 0) is 4.79 Å². The summed E-state index contributed by atoms with van der Waals surface area (Å²) in [6, 6.07) is 0. The van der Waals surface area contributed by atoms with Gasteiger partial charge in [0.2, 0.25) is 0 Å². The number of hydrogen-bond donors (Lipinski definition) is 2. The molecular weight excluding hydrogens is 120 g/mol. The van der Waals surface area contributed by atoms with E-state index in [0.717, 1.165) is 6.42 Å². The highest BCUT2D eigenvalue weighted by atomic mass is 16.4. The zero-order valence-corrected chi connectivity index (χ0v) is 5.08. The number of carboxylic acid groups (broad SMARTS) is 1. The molecule has 52 valence electrons. The van der Waals surface area contributed by atoms with Crippen LogP contribution in [0, 0.1) is 11.8 Å². The summed E-state index contributed by atoms with van der Waals surface area (Å²) >= 11 is 0. The molecule has 0 amide bonds. The summed E-state index contributed by atoms with van der Waals surface area (Å²) in [6.45, 7) is 0.151. The molecule has 3 heteroatoms. The fourth-order valence-electron chi connectivity index (χ4n) is 1.01. The maximum Gasteiger partial charge on any atom is 0.303 e. The second-order valence-electron chi connectivity index (χ2n) is 2.54. The lowest BCUT2D eigenvalue weighted by Gasteiger charge is -1.88. The van der Waals surface area contributed by atoms with Crippen LogP contribution in [-0.4, -0.2) is 22.8 Å². The Morgan fingerprint density at radius 1 is 1.56 bits per heavy atom. The van der Waals surface area contributed by atoms with Crippen molar-refractivity contribution in [3.05, 3.63) is 0 Å². The van der Waals surface area contributed by atoms with E-state index in [9.17, 15) is 4.79 Å². The molecule has 1 aliphatic rings. The van der Waals surface area contributed by atoms with Crippen LogP contribution in [0.3, 0.4) is 0 Å². The van der Waals surface area contributed by atoms with Gasteiger partial charge in [-0.25, -0.2) is 0 Å². The van der Waals surface area contributed by atoms with Crippen LogP contribution >= 0.6 is 0 Å². The van der Waals surface area contributed by atoms with Crippen molar-refractivity contribution >= 4 is 5.97 Å². The number of aliphatic hydroxyl groups is 1. The number of aliphatic carboxylic acids is 1. The standard InChI is InChI=1S/C6H10O3/c7-3-5-1-4(5)2-6(8)9/h4-5,7H,1-3H2,(H,8,9). The molecule has 0 aromatic heterocycles. The lowest BCUT2D eigenvalue weighted by molar-refractivity contribution is -0.137. The van der Waals surface area contributed by atoms with Gasteiger partial charge < -0.3 is 10.2 Å². The highest BCUT2D eigenvalue weighted by molar-refractivity contribution is 5.67. The Bertz CT molecular complexity index is 121. The van der Waals surface area contributed by atoms with E-state index in [1.807, 2.05) is 0 Å². The summed E-state index contributed by atoms with van der Waals surface area (Å²) in [7, 11) is 0. The number of carbonyl (C=O) groups is 1. The quantitative estimate of drug-likeness (QED) is 0.569. The fraction of sp³-hybridized carbons (Fsp3) is 0.833. The molecule has 2 N–H and O–H groups in total. The zero-order chi connectivity index (χ0) is 6.85. The number of carboxylic acids is 1. The Kier molecular flexibility index (Phi) is 1.71. The van der Waals surface area contributed by atoms with Crippen LogP contribution < -0.4 is 0 Å². The summed E-state index contributed by atoms with van der Waals surface area (Å²) in [5.41, 5.74) is 0. The van der Waals surface area contributed by atoms with E-state index in [2.05, 4.69) is 0 Å². The first-order valence-corrected chi connectivity index (χ1v) is 3.06. The van der Waals surface area contributed by atoms with Crippen LogP contribution in [0.1, 0.15) is 12.8 Å². The predicted octanol–water partition coefficient (Wildman–Crippen LogP) is 0.0895. The van der Waals surface area contributed by atoms with Crippen LogP contribution in [0.4, 0.5) is 0 Å². The monoisotopic (exact) mass is 130 g/mol. The molecule has 3 nitrogen and oxygen atoms in total. The lowest BCUT2D eigenvalue weighted by atomic mass is 10.2. The Hall–Kier alpha value is -0.570. The maximum atomic E-state index is 10.0. The number of hydrogen-bond acceptors (Lipinski definition) is 2. The zero-order valence-electron chi connectivity index (χ0n) is 5.08. The topological polar surface area (TPSA) is 57.5 Å². The van der Waals surface area contributed by atoms with Crippen molar-refractivity contribution in [2.24, 2.45) is 11.8 Å². The molecule has 0 aromatic carbocycles. The molecule has 0 radical (unpaired) electrons. The smallest absolute Gasteiger partial charge is 0.303 e. The van der Waals surface area contributed by atoms with Gasteiger partial charge in [-0.3, -0.25) is 4.79 Å². The summed E-state index contributed by atoms with van der Waals surface area (Å²) < 4.78 is 0. The van der Waals surface area contributed by atoms with Gasteiger partial charge in [0.15, 0.2) is 0 Å². The lowest BCUT2D eigenvalue weighted by Crippen LogP contribution is -1.98. The molecular formula is C6H10O3. The van der Waals surface area contributed by atoms with E-state index in [1.165, 1.54) is 0 Å².